The Morgan fingerprint density at radius 2 is 1.96 bits per heavy atom. The number of thiazole rings is 1. The van der Waals surface area contributed by atoms with E-state index >= 15 is 0 Å². The molecule has 5 nitrogen and oxygen atoms in total. The molecule has 3 rings (SSSR count). The lowest BCUT2D eigenvalue weighted by Crippen LogP contribution is -2.22. The first-order valence-electron chi connectivity index (χ1n) is 7.64. The van der Waals surface area contributed by atoms with Crippen molar-refractivity contribution in [2.24, 2.45) is 0 Å². The lowest BCUT2D eigenvalue weighted by Gasteiger charge is -2.18. The maximum atomic E-state index is 12.1. The second-order valence-electron chi connectivity index (χ2n) is 5.56. The molecule has 6 heteroatoms. The standard InChI is InChI=1S/C18H19N3O2S/c1-14(22)21(16-7-4-3-5-8-16)18-19-15(13-24-18)11-20(2)12-17-9-6-10-23-17/h3-10,13H,11-12H2,1-2H3. The fourth-order valence-electron chi connectivity index (χ4n) is 2.48. The molecule has 2 heterocycles. The number of benzene rings is 1. The summed E-state index contributed by atoms with van der Waals surface area (Å²) in [5, 5.41) is 2.68. The van der Waals surface area contributed by atoms with Crippen LogP contribution >= 0.6 is 11.3 Å². The Hall–Kier alpha value is -2.44. The number of amides is 1. The van der Waals surface area contributed by atoms with E-state index in [1.807, 2.05) is 54.9 Å². The lowest BCUT2D eigenvalue weighted by atomic mass is 10.3. The Kier molecular flexibility index (Phi) is 5.08. The summed E-state index contributed by atoms with van der Waals surface area (Å²) in [7, 11) is 2.02. The summed E-state index contributed by atoms with van der Waals surface area (Å²) < 4.78 is 5.36. The number of nitrogens with zero attached hydrogens (tertiary/aromatic N) is 3. The van der Waals surface area contributed by atoms with Crippen LogP contribution in [0.4, 0.5) is 10.8 Å². The molecule has 0 aliphatic carbocycles. The highest BCUT2D eigenvalue weighted by Crippen LogP contribution is 2.29. The zero-order valence-electron chi connectivity index (χ0n) is 13.7. The molecule has 0 saturated carbocycles. The summed E-state index contributed by atoms with van der Waals surface area (Å²) in [4.78, 5) is 20.4. The summed E-state index contributed by atoms with van der Waals surface area (Å²) in [6, 6.07) is 13.4. The average molecular weight is 341 g/mol. The maximum Gasteiger partial charge on any atom is 0.230 e. The summed E-state index contributed by atoms with van der Waals surface area (Å²) >= 11 is 1.47. The summed E-state index contributed by atoms with van der Waals surface area (Å²) in [6.45, 7) is 2.96. The third kappa shape index (κ3) is 3.90. The van der Waals surface area contributed by atoms with Crippen molar-refractivity contribution in [3.63, 3.8) is 0 Å². The van der Waals surface area contributed by atoms with E-state index in [0.717, 1.165) is 23.7 Å². The van der Waals surface area contributed by atoms with Crippen molar-refractivity contribution in [1.82, 2.24) is 9.88 Å². The van der Waals surface area contributed by atoms with Gasteiger partial charge in [0, 0.05) is 18.8 Å². The Labute approximate surface area is 145 Å². The predicted molar refractivity (Wildman–Crippen MR) is 95.3 cm³/mol. The van der Waals surface area contributed by atoms with Crippen LogP contribution in [0, 0.1) is 0 Å². The Bertz CT molecular complexity index is 784. The van der Waals surface area contributed by atoms with Crippen molar-refractivity contribution in [3.05, 3.63) is 65.6 Å². The van der Waals surface area contributed by atoms with Crippen molar-refractivity contribution >= 4 is 28.1 Å². The highest BCUT2D eigenvalue weighted by Gasteiger charge is 2.18. The number of furan rings is 1. The number of carbonyl (C=O) groups is 1. The van der Waals surface area contributed by atoms with Crippen LogP contribution in [-0.4, -0.2) is 22.8 Å². The molecule has 0 aliphatic rings. The van der Waals surface area contributed by atoms with Gasteiger partial charge >= 0.3 is 0 Å². The van der Waals surface area contributed by atoms with Gasteiger partial charge in [0.05, 0.1) is 24.2 Å². The van der Waals surface area contributed by atoms with Gasteiger partial charge in [0.25, 0.3) is 0 Å². The van der Waals surface area contributed by atoms with Crippen molar-refractivity contribution < 1.29 is 9.21 Å². The van der Waals surface area contributed by atoms with E-state index in [-0.39, 0.29) is 5.91 Å². The van der Waals surface area contributed by atoms with Crippen LogP contribution in [0.3, 0.4) is 0 Å². The quantitative estimate of drug-likeness (QED) is 0.678. The maximum absolute atomic E-state index is 12.1. The molecular weight excluding hydrogens is 322 g/mol. The minimum absolute atomic E-state index is 0.0500. The van der Waals surface area contributed by atoms with E-state index < -0.39 is 0 Å². The van der Waals surface area contributed by atoms with E-state index in [1.165, 1.54) is 11.3 Å². The number of rotatable bonds is 6. The number of aromatic nitrogens is 1. The first kappa shape index (κ1) is 16.4. The van der Waals surface area contributed by atoms with Gasteiger partial charge in [-0.2, -0.15) is 0 Å². The molecule has 0 atom stereocenters. The number of carbonyl (C=O) groups excluding carboxylic acids is 1. The molecule has 0 fully saturated rings. The van der Waals surface area contributed by atoms with Gasteiger partial charge in [0.1, 0.15) is 5.76 Å². The number of hydrogen-bond donors (Lipinski definition) is 0. The van der Waals surface area contributed by atoms with Crippen LogP contribution < -0.4 is 4.90 Å². The van der Waals surface area contributed by atoms with Gasteiger partial charge in [-0.3, -0.25) is 14.6 Å². The van der Waals surface area contributed by atoms with E-state index in [2.05, 4.69) is 9.88 Å². The molecule has 0 radical (unpaired) electrons. The first-order valence-corrected chi connectivity index (χ1v) is 8.52. The van der Waals surface area contributed by atoms with Gasteiger partial charge in [-0.25, -0.2) is 4.98 Å². The summed E-state index contributed by atoms with van der Waals surface area (Å²) in [5.41, 5.74) is 1.76. The second-order valence-corrected chi connectivity index (χ2v) is 6.40. The van der Waals surface area contributed by atoms with E-state index in [0.29, 0.717) is 11.7 Å². The molecular formula is C18H19N3O2S. The normalized spacial score (nSPS) is 11.0. The smallest absolute Gasteiger partial charge is 0.230 e. The summed E-state index contributed by atoms with van der Waals surface area (Å²) in [6.07, 6.45) is 1.68. The molecule has 0 unspecified atom stereocenters. The molecule has 1 aromatic carbocycles. The van der Waals surface area contributed by atoms with Gasteiger partial charge in [-0.15, -0.1) is 11.3 Å². The van der Waals surface area contributed by atoms with E-state index in [4.69, 9.17) is 4.42 Å². The van der Waals surface area contributed by atoms with Gasteiger partial charge in [0.15, 0.2) is 5.13 Å². The molecule has 0 aliphatic heterocycles. The van der Waals surface area contributed by atoms with Crippen LogP contribution in [0.15, 0.2) is 58.5 Å². The molecule has 24 heavy (non-hydrogen) atoms. The molecule has 0 N–H and O–H groups in total. The van der Waals surface area contributed by atoms with Crippen LogP contribution in [0.2, 0.25) is 0 Å². The van der Waals surface area contributed by atoms with Crippen molar-refractivity contribution in [1.29, 1.82) is 0 Å². The number of anilines is 2. The fourth-order valence-corrected chi connectivity index (χ4v) is 3.35. The lowest BCUT2D eigenvalue weighted by molar-refractivity contribution is -0.115. The Balaban J connectivity index is 1.72. The third-order valence-corrected chi connectivity index (χ3v) is 4.37. The van der Waals surface area contributed by atoms with Gasteiger partial charge in [-0.1, -0.05) is 18.2 Å². The predicted octanol–water partition coefficient (Wildman–Crippen LogP) is 4.05. The minimum atomic E-state index is -0.0500. The highest BCUT2D eigenvalue weighted by atomic mass is 32.1. The number of para-hydroxylation sites is 1. The Morgan fingerprint density at radius 3 is 2.62 bits per heavy atom. The summed E-state index contributed by atoms with van der Waals surface area (Å²) in [5.74, 6) is 0.869. The van der Waals surface area contributed by atoms with Crippen LogP contribution in [-0.2, 0) is 17.9 Å². The van der Waals surface area contributed by atoms with Gasteiger partial charge in [-0.05, 0) is 31.3 Å². The van der Waals surface area contributed by atoms with E-state index in [9.17, 15) is 4.79 Å². The topological polar surface area (TPSA) is 49.6 Å². The Morgan fingerprint density at radius 1 is 1.17 bits per heavy atom. The molecule has 0 saturated heterocycles. The second kappa shape index (κ2) is 7.42. The fraction of sp³-hybridized carbons (Fsp3) is 0.222. The number of hydrogen-bond acceptors (Lipinski definition) is 5. The monoisotopic (exact) mass is 341 g/mol. The minimum Gasteiger partial charge on any atom is -0.468 e. The molecule has 1 amide bonds. The van der Waals surface area contributed by atoms with Crippen molar-refractivity contribution in [2.45, 2.75) is 20.0 Å². The molecule has 124 valence electrons. The van der Waals surface area contributed by atoms with Crippen LogP contribution in [0.1, 0.15) is 18.4 Å². The van der Waals surface area contributed by atoms with E-state index in [1.54, 1.807) is 18.1 Å². The zero-order chi connectivity index (χ0) is 16.9. The average Bonchev–Trinajstić information content (AvgIpc) is 3.21. The first-order chi connectivity index (χ1) is 11.6. The highest BCUT2D eigenvalue weighted by molar-refractivity contribution is 7.14. The largest absolute Gasteiger partial charge is 0.468 e. The molecule has 3 aromatic rings. The van der Waals surface area contributed by atoms with Crippen molar-refractivity contribution in [2.75, 3.05) is 11.9 Å². The third-order valence-electron chi connectivity index (χ3n) is 3.50. The SMILES string of the molecule is CC(=O)N(c1ccccc1)c1nc(CN(C)Cc2ccco2)cs1. The van der Waals surface area contributed by atoms with Gasteiger partial charge in [0.2, 0.25) is 5.91 Å². The zero-order valence-corrected chi connectivity index (χ0v) is 14.5. The molecule has 2 aromatic heterocycles. The van der Waals surface area contributed by atoms with Crippen LogP contribution in [0.5, 0.6) is 0 Å². The molecule has 0 bridgehead atoms. The van der Waals surface area contributed by atoms with Crippen LogP contribution in [0.25, 0.3) is 0 Å². The molecule has 0 spiro atoms. The van der Waals surface area contributed by atoms with Gasteiger partial charge < -0.3 is 4.42 Å². The van der Waals surface area contributed by atoms with Crippen molar-refractivity contribution in [3.8, 4) is 0 Å².